The van der Waals surface area contributed by atoms with Crippen molar-refractivity contribution in [2.45, 2.75) is 26.3 Å². The van der Waals surface area contributed by atoms with Crippen molar-refractivity contribution in [3.63, 3.8) is 0 Å². The fraction of sp³-hybridized carbons (Fsp3) is 0.600. The molecular formula is C15H25ClN2. The minimum atomic E-state index is 0. The molecule has 0 bridgehead atoms. The Morgan fingerprint density at radius 1 is 1.44 bits per heavy atom. The van der Waals surface area contributed by atoms with Gasteiger partial charge in [0.15, 0.2) is 0 Å². The second kappa shape index (κ2) is 7.13. The number of nitrogens with zero attached hydrogens (tertiary/aromatic N) is 1. The average molecular weight is 269 g/mol. The van der Waals surface area contributed by atoms with E-state index in [0.717, 1.165) is 12.5 Å². The highest BCUT2D eigenvalue weighted by Crippen LogP contribution is 2.27. The molecule has 1 aromatic carbocycles. The van der Waals surface area contributed by atoms with Crippen molar-refractivity contribution in [3.05, 3.63) is 35.4 Å². The predicted octanol–water partition coefficient (Wildman–Crippen LogP) is 3.02. The normalized spacial score (nSPS) is 21.6. The molecular weight excluding hydrogens is 244 g/mol. The lowest BCUT2D eigenvalue weighted by atomic mass is 10.0. The maximum absolute atomic E-state index is 3.29. The third-order valence-corrected chi connectivity index (χ3v) is 3.88. The van der Waals surface area contributed by atoms with E-state index < -0.39 is 0 Å². The number of benzene rings is 1. The van der Waals surface area contributed by atoms with Gasteiger partial charge in [-0.2, -0.15) is 0 Å². The van der Waals surface area contributed by atoms with E-state index >= 15 is 0 Å². The third-order valence-electron chi connectivity index (χ3n) is 3.88. The number of hydrogen-bond donors (Lipinski definition) is 1. The van der Waals surface area contributed by atoms with Crippen LogP contribution in [-0.2, 0) is 0 Å². The molecule has 1 heterocycles. The number of hydrogen-bond acceptors (Lipinski definition) is 2. The van der Waals surface area contributed by atoms with Gasteiger partial charge < -0.3 is 5.32 Å². The van der Waals surface area contributed by atoms with Crippen LogP contribution >= 0.6 is 12.4 Å². The largest absolute Gasteiger partial charge is 0.319 e. The van der Waals surface area contributed by atoms with Gasteiger partial charge in [0.2, 0.25) is 0 Å². The lowest BCUT2D eigenvalue weighted by Crippen LogP contribution is -2.27. The molecule has 2 unspecified atom stereocenters. The molecule has 2 nitrogen and oxygen atoms in total. The molecule has 0 spiro atoms. The van der Waals surface area contributed by atoms with E-state index in [-0.39, 0.29) is 12.4 Å². The average Bonchev–Trinajstić information content (AvgIpc) is 2.77. The van der Waals surface area contributed by atoms with Crippen molar-refractivity contribution in [3.8, 4) is 0 Å². The van der Waals surface area contributed by atoms with Crippen molar-refractivity contribution >= 4 is 12.4 Å². The fourth-order valence-corrected chi connectivity index (χ4v) is 2.81. The predicted molar refractivity (Wildman–Crippen MR) is 80.4 cm³/mol. The van der Waals surface area contributed by atoms with Gasteiger partial charge in [0, 0.05) is 12.6 Å². The lowest BCUT2D eigenvalue weighted by Gasteiger charge is -2.25. The van der Waals surface area contributed by atoms with Crippen LogP contribution in [0.3, 0.4) is 0 Å². The van der Waals surface area contributed by atoms with Gasteiger partial charge >= 0.3 is 0 Å². The molecule has 1 N–H and O–H groups in total. The van der Waals surface area contributed by atoms with Crippen LogP contribution in [0.5, 0.6) is 0 Å². The molecule has 102 valence electrons. The molecule has 0 radical (unpaired) electrons. The van der Waals surface area contributed by atoms with Crippen LogP contribution in [0.1, 0.15) is 30.5 Å². The molecule has 2 atom stereocenters. The summed E-state index contributed by atoms with van der Waals surface area (Å²) in [6.07, 6.45) is 1.33. The number of nitrogens with one attached hydrogen (secondary N) is 1. The first kappa shape index (κ1) is 15.5. The highest BCUT2D eigenvalue weighted by Gasteiger charge is 2.26. The standard InChI is InChI=1S/C15H24N2.ClH/c1-12-5-4-6-15(9-12)13(2)17-8-7-14(11-17)10-16-3;/h4-6,9,13-14,16H,7-8,10-11H2,1-3H3;1H. The molecule has 0 saturated carbocycles. The molecule has 0 aromatic heterocycles. The summed E-state index contributed by atoms with van der Waals surface area (Å²) in [5.74, 6) is 0.826. The minimum Gasteiger partial charge on any atom is -0.319 e. The fourth-order valence-electron chi connectivity index (χ4n) is 2.81. The topological polar surface area (TPSA) is 15.3 Å². The second-order valence-corrected chi connectivity index (χ2v) is 5.30. The maximum atomic E-state index is 3.29. The number of halogens is 1. The zero-order chi connectivity index (χ0) is 12.3. The van der Waals surface area contributed by atoms with E-state index in [9.17, 15) is 0 Å². The first-order chi connectivity index (χ1) is 8.20. The van der Waals surface area contributed by atoms with Crippen LogP contribution in [0.2, 0.25) is 0 Å². The number of likely N-dealkylation sites (tertiary alicyclic amines) is 1. The number of aryl methyl sites for hydroxylation is 1. The summed E-state index contributed by atoms with van der Waals surface area (Å²) in [7, 11) is 2.05. The highest BCUT2D eigenvalue weighted by atomic mass is 35.5. The van der Waals surface area contributed by atoms with Crippen molar-refractivity contribution in [1.82, 2.24) is 10.2 Å². The van der Waals surface area contributed by atoms with Crippen molar-refractivity contribution in [2.75, 3.05) is 26.7 Å². The molecule has 1 saturated heterocycles. The van der Waals surface area contributed by atoms with E-state index in [1.807, 2.05) is 7.05 Å². The van der Waals surface area contributed by atoms with Gasteiger partial charge in [-0.05, 0) is 51.9 Å². The van der Waals surface area contributed by atoms with Crippen LogP contribution in [0.15, 0.2) is 24.3 Å². The van der Waals surface area contributed by atoms with Gasteiger partial charge in [0.25, 0.3) is 0 Å². The molecule has 1 aliphatic rings. The van der Waals surface area contributed by atoms with Crippen LogP contribution in [0, 0.1) is 12.8 Å². The Morgan fingerprint density at radius 2 is 2.22 bits per heavy atom. The summed E-state index contributed by atoms with van der Waals surface area (Å²) in [6, 6.07) is 9.46. The van der Waals surface area contributed by atoms with Crippen molar-refractivity contribution in [1.29, 1.82) is 0 Å². The van der Waals surface area contributed by atoms with Crippen LogP contribution in [0.4, 0.5) is 0 Å². The summed E-state index contributed by atoms with van der Waals surface area (Å²) in [6.45, 7) is 8.12. The monoisotopic (exact) mass is 268 g/mol. The maximum Gasteiger partial charge on any atom is 0.0320 e. The summed E-state index contributed by atoms with van der Waals surface area (Å²) in [5.41, 5.74) is 2.82. The smallest absolute Gasteiger partial charge is 0.0320 e. The summed E-state index contributed by atoms with van der Waals surface area (Å²) in [5, 5.41) is 3.29. The Kier molecular flexibility index (Phi) is 6.13. The third kappa shape index (κ3) is 3.71. The molecule has 1 fully saturated rings. The molecule has 0 amide bonds. The summed E-state index contributed by atoms with van der Waals surface area (Å²) >= 11 is 0. The molecule has 3 heteroatoms. The lowest BCUT2D eigenvalue weighted by molar-refractivity contribution is 0.252. The molecule has 2 rings (SSSR count). The van der Waals surface area contributed by atoms with Crippen molar-refractivity contribution < 1.29 is 0 Å². The zero-order valence-corrected chi connectivity index (χ0v) is 12.5. The number of rotatable bonds is 4. The van der Waals surface area contributed by atoms with E-state index in [4.69, 9.17) is 0 Å². The Hall–Kier alpha value is -0.570. The minimum absolute atomic E-state index is 0. The van der Waals surface area contributed by atoms with Gasteiger partial charge in [-0.15, -0.1) is 12.4 Å². The summed E-state index contributed by atoms with van der Waals surface area (Å²) in [4.78, 5) is 2.61. The van der Waals surface area contributed by atoms with Crippen LogP contribution in [-0.4, -0.2) is 31.6 Å². The van der Waals surface area contributed by atoms with Crippen molar-refractivity contribution in [2.24, 2.45) is 5.92 Å². The quantitative estimate of drug-likeness (QED) is 0.903. The Bertz CT molecular complexity index is 367. The van der Waals surface area contributed by atoms with Gasteiger partial charge in [0.1, 0.15) is 0 Å². The Labute approximate surface area is 117 Å². The van der Waals surface area contributed by atoms with Gasteiger partial charge in [0.05, 0.1) is 0 Å². The van der Waals surface area contributed by atoms with Crippen LogP contribution in [0.25, 0.3) is 0 Å². The van der Waals surface area contributed by atoms with E-state index in [2.05, 4.69) is 48.3 Å². The molecule has 18 heavy (non-hydrogen) atoms. The first-order valence-electron chi connectivity index (χ1n) is 6.66. The second-order valence-electron chi connectivity index (χ2n) is 5.30. The van der Waals surface area contributed by atoms with Crippen LogP contribution < -0.4 is 5.32 Å². The van der Waals surface area contributed by atoms with Gasteiger partial charge in [-0.1, -0.05) is 29.8 Å². The molecule has 1 aromatic rings. The molecule has 0 aliphatic carbocycles. The first-order valence-corrected chi connectivity index (χ1v) is 6.66. The highest BCUT2D eigenvalue weighted by molar-refractivity contribution is 5.85. The molecule has 1 aliphatic heterocycles. The van der Waals surface area contributed by atoms with E-state index in [1.54, 1.807) is 0 Å². The zero-order valence-electron chi connectivity index (χ0n) is 11.6. The van der Waals surface area contributed by atoms with Gasteiger partial charge in [-0.3, -0.25) is 4.90 Å². The Morgan fingerprint density at radius 3 is 2.89 bits per heavy atom. The SMILES string of the molecule is CNCC1CCN(C(C)c2cccc(C)c2)C1.Cl. The summed E-state index contributed by atoms with van der Waals surface area (Å²) < 4.78 is 0. The van der Waals surface area contributed by atoms with E-state index in [1.165, 1.54) is 30.6 Å². The van der Waals surface area contributed by atoms with E-state index in [0.29, 0.717) is 6.04 Å². The van der Waals surface area contributed by atoms with Gasteiger partial charge in [-0.25, -0.2) is 0 Å². The Balaban J connectivity index is 0.00000162.